The Balaban J connectivity index is 1.17. The number of nitrogens with zero attached hydrogens (tertiary/aromatic N) is 8. The van der Waals surface area contributed by atoms with Crippen LogP contribution >= 0.6 is 12.6 Å². The summed E-state index contributed by atoms with van der Waals surface area (Å²) in [7, 11) is 0. The number of fused-ring (bicyclic) bond motifs is 2. The van der Waals surface area contributed by atoms with E-state index < -0.39 is 112 Å². The minimum Gasteiger partial charge on any atom is -0.480 e. The van der Waals surface area contributed by atoms with Gasteiger partial charge in [0.05, 0.1) is 45.8 Å². The van der Waals surface area contributed by atoms with Crippen molar-refractivity contribution < 1.29 is 72.0 Å². The molecule has 2 heterocycles. The maximum absolute atomic E-state index is 15.4. The Kier molecular flexibility index (Phi) is 37.2. The van der Waals surface area contributed by atoms with E-state index in [1.54, 1.807) is 36.4 Å². The van der Waals surface area contributed by atoms with Gasteiger partial charge in [0.15, 0.2) is 23.0 Å². The maximum atomic E-state index is 15.4. The number of nitrogens with one attached hydrogen (secondary N) is 2. The van der Waals surface area contributed by atoms with E-state index in [4.69, 9.17) is 41.9 Å². The Hall–Kier alpha value is -9.85. The SMILES string of the molecule is NCCCCNCC(=O)N(CC(=O)N(CCCCN)CC(=O)N(CC(=O)N(CCCCN)CC(=O)N(CCc1ccccc1)CC(=O)N(CCc1ccccc1)CC(=O)N(CCc1ccccc1)CC(=O)N(CCCCN)CC(=O)NC(CCS)C(=O)O)Cc1ccc2c(c1)OCO2)Cc1ccc2c(c1)OCO2. The molecule has 29 nitrogen and oxygen atoms in total. The van der Waals surface area contributed by atoms with E-state index in [2.05, 4.69) is 23.3 Å². The van der Waals surface area contributed by atoms with Gasteiger partial charge in [-0.1, -0.05) is 103 Å². The topological polar surface area (TPSA) is 382 Å². The molecule has 0 radical (unpaired) electrons. The number of carbonyl (C=O) groups excluding carboxylic acids is 9. The number of ether oxygens (including phenoxy) is 4. The average Bonchev–Trinajstić information content (AvgIpc) is 1.57. The normalized spacial score (nSPS) is 12.0. The number of aliphatic carboxylic acids is 1. The maximum Gasteiger partial charge on any atom is 0.326 e. The molecular formula is C78H108N14O15S. The molecule has 2 aliphatic heterocycles. The van der Waals surface area contributed by atoms with Crippen molar-refractivity contribution in [3.05, 3.63) is 155 Å². The third-order valence-corrected chi connectivity index (χ3v) is 18.6. The summed E-state index contributed by atoms with van der Waals surface area (Å²) in [5.74, 6) is -4.53. The smallest absolute Gasteiger partial charge is 0.326 e. The van der Waals surface area contributed by atoms with Gasteiger partial charge in [0.2, 0.25) is 66.8 Å². The summed E-state index contributed by atoms with van der Waals surface area (Å²) in [5.41, 5.74) is 27.3. The fraction of sp³-hybridized carbons (Fsp3) is 0.487. The third kappa shape index (κ3) is 29.4. The van der Waals surface area contributed by atoms with Crippen LogP contribution in [0.4, 0.5) is 0 Å². The van der Waals surface area contributed by atoms with E-state index in [1.165, 1.54) is 39.2 Å². The van der Waals surface area contributed by atoms with Crippen molar-refractivity contribution in [3.8, 4) is 23.0 Å². The lowest BCUT2D eigenvalue weighted by atomic mass is 10.1. The highest BCUT2D eigenvalue weighted by Gasteiger charge is 2.33. The van der Waals surface area contributed by atoms with Crippen molar-refractivity contribution in [1.29, 1.82) is 0 Å². The minimum absolute atomic E-state index is 0.00381. The van der Waals surface area contributed by atoms with Gasteiger partial charge in [-0.3, -0.25) is 43.2 Å². The van der Waals surface area contributed by atoms with Crippen LogP contribution in [-0.2, 0) is 80.3 Å². The molecule has 0 aromatic heterocycles. The van der Waals surface area contributed by atoms with Gasteiger partial charge in [-0.2, -0.15) is 12.6 Å². The zero-order chi connectivity index (χ0) is 77.4. The summed E-state index contributed by atoms with van der Waals surface area (Å²) in [6, 6.07) is 37.0. The van der Waals surface area contributed by atoms with Crippen LogP contribution in [0.5, 0.6) is 23.0 Å². The van der Waals surface area contributed by atoms with E-state index in [0.717, 1.165) is 29.5 Å². The molecule has 11 N–H and O–H groups in total. The van der Waals surface area contributed by atoms with Gasteiger partial charge in [-0.05, 0) is 168 Å². The first kappa shape index (κ1) is 85.4. The fourth-order valence-electron chi connectivity index (χ4n) is 12.1. The minimum atomic E-state index is -1.26. The van der Waals surface area contributed by atoms with Crippen molar-refractivity contribution in [3.63, 3.8) is 0 Å². The lowest BCUT2D eigenvalue weighted by molar-refractivity contribution is -0.149. The fourth-order valence-corrected chi connectivity index (χ4v) is 12.4. The predicted molar refractivity (Wildman–Crippen MR) is 410 cm³/mol. The van der Waals surface area contributed by atoms with Gasteiger partial charge in [-0.25, -0.2) is 4.79 Å². The monoisotopic (exact) mass is 1510 g/mol. The number of nitrogens with two attached hydrogens (primary N) is 4. The Morgan fingerprint density at radius 3 is 1.06 bits per heavy atom. The second kappa shape index (κ2) is 47.1. The summed E-state index contributed by atoms with van der Waals surface area (Å²) in [6.07, 6.45) is 5.00. The average molecular weight is 1510 g/mol. The highest BCUT2D eigenvalue weighted by molar-refractivity contribution is 7.80. The van der Waals surface area contributed by atoms with E-state index in [-0.39, 0.29) is 110 Å². The molecule has 0 aliphatic carbocycles. The number of unbranched alkanes of at least 4 members (excludes halogenated alkanes) is 4. The Morgan fingerprint density at radius 2 is 0.704 bits per heavy atom. The van der Waals surface area contributed by atoms with Gasteiger partial charge in [0, 0.05) is 52.4 Å². The zero-order valence-corrected chi connectivity index (χ0v) is 62.8. The lowest BCUT2D eigenvalue weighted by Crippen LogP contribution is -2.53. The van der Waals surface area contributed by atoms with Crippen molar-refractivity contribution in [1.82, 2.24) is 49.8 Å². The van der Waals surface area contributed by atoms with Crippen LogP contribution in [0.1, 0.15) is 85.6 Å². The number of amides is 9. The van der Waals surface area contributed by atoms with Crippen LogP contribution in [0, 0.1) is 0 Å². The van der Waals surface area contributed by atoms with Gasteiger partial charge in [-0.15, -0.1) is 0 Å². The molecule has 586 valence electrons. The van der Waals surface area contributed by atoms with Crippen molar-refractivity contribution in [2.45, 2.75) is 96.2 Å². The first-order valence-electron chi connectivity index (χ1n) is 37.1. The van der Waals surface area contributed by atoms with Gasteiger partial charge >= 0.3 is 5.97 Å². The molecule has 7 rings (SSSR count). The highest BCUT2D eigenvalue weighted by atomic mass is 32.1. The van der Waals surface area contributed by atoms with E-state index in [9.17, 15) is 29.1 Å². The van der Waals surface area contributed by atoms with Crippen LogP contribution in [0.3, 0.4) is 0 Å². The molecule has 0 bridgehead atoms. The zero-order valence-electron chi connectivity index (χ0n) is 61.9. The van der Waals surface area contributed by atoms with E-state index in [1.807, 2.05) is 91.0 Å². The quantitative estimate of drug-likeness (QED) is 0.0205. The molecule has 5 aromatic carbocycles. The second-order valence-electron chi connectivity index (χ2n) is 26.6. The number of carboxylic acid groups (broad SMARTS) is 1. The number of thiol groups is 1. The van der Waals surface area contributed by atoms with Gasteiger partial charge in [0.25, 0.3) is 0 Å². The number of carbonyl (C=O) groups is 10. The number of benzene rings is 5. The second-order valence-corrected chi connectivity index (χ2v) is 27.1. The third-order valence-electron chi connectivity index (χ3n) is 18.4. The van der Waals surface area contributed by atoms with Gasteiger partial charge < -0.3 is 96.8 Å². The van der Waals surface area contributed by atoms with Crippen LogP contribution < -0.4 is 52.5 Å². The number of hydrogen-bond acceptors (Lipinski definition) is 20. The molecule has 0 fully saturated rings. The molecule has 1 unspecified atom stereocenters. The first-order chi connectivity index (χ1) is 52.4. The number of rotatable bonds is 51. The summed E-state index contributed by atoms with van der Waals surface area (Å²) >= 11 is 4.15. The van der Waals surface area contributed by atoms with Gasteiger partial charge in [0.1, 0.15) is 19.1 Å². The molecule has 30 heteroatoms. The Labute approximate surface area is 638 Å². The van der Waals surface area contributed by atoms with Crippen LogP contribution in [-0.4, -0.2) is 260 Å². The number of carboxylic acids is 1. The first-order valence-corrected chi connectivity index (χ1v) is 37.8. The molecule has 9 amide bonds. The molecule has 0 spiro atoms. The number of hydrogen-bond donors (Lipinski definition) is 8. The predicted octanol–water partition coefficient (Wildman–Crippen LogP) is 2.64. The highest BCUT2D eigenvalue weighted by Crippen LogP contribution is 2.34. The van der Waals surface area contributed by atoms with E-state index in [0.29, 0.717) is 105 Å². The summed E-state index contributed by atoms with van der Waals surface area (Å²) < 4.78 is 22.5. The molecule has 5 aromatic rings. The standard InChI is InChI=1S/C78H108N14O15S/c79-32-10-14-36-83-46-70(94)91(47-62-24-26-65-67(44-62)106-57-104-65)55-75(99)87(39-17-13-35-82)54-77(101)92(48-63-25-27-66-68(45-63)107-58-105-66)56-76(100)86(38-16-12-34-81)50-72(96)89(41-29-60-20-6-2-7-21-60)52-74(98)90(42-30-61-22-8-3-9-23-61)53-73(97)88(40-28-59-18-4-1-5-19-59)51-71(95)85(37-15-11-33-80)49-69(93)84-64(31-43-108)78(102)103/h1-9,18-27,44-45,64,83,108H,10-17,28-43,46-58,79-82H2,(H,84,93)(H,102,103). The summed E-state index contributed by atoms with van der Waals surface area (Å²) in [4.78, 5) is 156. The molecule has 1 atom stereocenters. The Bertz CT molecular complexity index is 3680. The van der Waals surface area contributed by atoms with Crippen molar-refractivity contribution >= 4 is 71.8 Å². The van der Waals surface area contributed by atoms with Crippen molar-refractivity contribution in [2.24, 2.45) is 22.9 Å². The van der Waals surface area contributed by atoms with E-state index >= 15 is 24.0 Å². The largest absolute Gasteiger partial charge is 0.480 e. The summed E-state index contributed by atoms with van der Waals surface area (Å²) in [6.45, 7) is -2.40. The lowest BCUT2D eigenvalue weighted by Gasteiger charge is -2.33. The molecular weight excluding hydrogens is 1410 g/mol. The molecule has 0 saturated heterocycles. The van der Waals surface area contributed by atoms with Crippen molar-refractivity contribution in [2.75, 3.05) is 150 Å². The molecule has 108 heavy (non-hydrogen) atoms. The Morgan fingerprint density at radius 1 is 0.380 bits per heavy atom. The van der Waals surface area contributed by atoms with Crippen LogP contribution in [0.25, 0.3) is 0 Å². The van der Waals surface area contributed by atoms with Crippen LogP contribution in [0.15, 0.2) is 127 Å². The molecule has 0 saturated carbocycles. The molecule has 2 aliphatic rings. The summed E-state index contributed by atoms with van der Waals surface area (Å²) in [5, 5.41) is 15.4. The van der Waals surface area contributed by atoms with Crippen LogP contribution in [0.2, 0.25) is 0 Å².